The molecule has 0 saturated carbocycles. The summed E-state index contributed by atoms with van der Waals surface area (Å²) in [6, 6.07) is 12.7. The lowest BCUT2D eigenvalue weighted by Crippen LogP contribution is -2.48. The molecule has 2 aliphatic rings. The van der Waals surface area contributed by atoms with E-state index in [9.17, 15) is 4.79 Å². The molecule has 0 bridgehead atoms. The van der Waals surface area contributed by atoms with Crippen LogP contribution in [0.2, 0.25) is 0 Å². The molecule has 148 valence electrons. The Labute approximate surface area is 166 Å². The maximum absolute atomic E-state index is 11.5. The molecular weight excluding hydrogens is 352 g/mol. The van der Waals surface area contributed by atoms with Crippen LogP contribution in [0.1, 0.15) is 12.5 Å². The van der Waals surface area contributed by atoms with E-state index in [1.807, 2.05) is 4.90 Å². The van der Waals surface area contributed by atoms with Crippen LogP contribution in [0.4, 0.5) is 11.6 Å². The summed E-state index contributed by atoms with van der Waals surface area (Å²) in [4.78, 5) is 29.5. The van der Waals surface area contributed by atoms with Gasteiger partial charge in [-0.2, -0.15) is 0 Å². The van der Waals surface area contributed by atoms with Crippen molar-refractivity contribution in [3.8, 4) is 0 Å². The molecule has 2 aromatic rings. The third-order valence-electron chi connectivity index (χ3n) is 5.63. The molecule has 2 fully saturated rings. The SMILES string of the molecule is CC(=O)N1CCN(c2cc(N3CCN(Cc4ccccc4)CC3)ncn2)CC1. The molecule has 1 amide bonds. The van der Waals surface area contributed by atoms with Crippen LogP contribution in [-0.4, -0.2) is 78.0 Å². The largest absolute Gasteiger partial charge is 0.354 e. The average Bonchev–Trinajstić information content (AvgIpc) is 2.75. The molecule has 7 nitrogen and oxygen atoms in total. The highest BCUT2D eigenvalue weighted by atomic mass is 16.2. The lowest BCUT2D eigenvalue weighted by molar-refractivity contribution is -0.129. The quantitative estimate of drug-likeness (QED) is 0.801. The fraction of sp³-hybridized carbons (Fsp3) is 0.476. The molecule has 0 aliphatic carbocycles. The van der Waals surface area contributed by atoms with Crippen molar-refractivity contribution in [1.29, 1.82) is 0 Å². The first kappa shape index (κ1) is 18.7. The van der Waals surface area contributed by atoms with Crippen molar-refractivity contribution < 1.29 is 4.79 Å². The maximum atomic E-state index is 11.5. The van der Waals surface area contributed by atoms with Crippen molar-refractivity contribution in [2.75, 3.05) is 62.2 Å². The first-order valence-corrected chi connectivity index (χ1v) is 10.0. The normalized spacial score (nSPS) is 18.4. The molecule has 2 saturated heterocycles. The summed E-state index contributed by atoms with van der Waals surface area (Å²) in [6.45, 7) is 9.81. The van der Waals surface area contributed by atoms with Gasteiger partial charge in [0.15, 0.2) is 0 Å². The number of amides is 1. The van der Waals surface area contributed by atoms with Crippen LogP contribution < -0.4 is 9.80 Å². The van der Waals surface area contributed by atoms with Crippen LogP contribution in [0.3, 0.4) is 0 Å². The van der Waals surface area contributed by atoms with Gasteiger partial charge in [0.25, 0.3) is 0 Å². The number of hydrogen-bond donors (Lipinski definition) is 0. The summed E-state index contributed by atoms with van der Waals surface area (Å²) >= 11 is 0. The molecule has 4 rings (SSSR count). The molecule has 1 aromatic heterocycles. The minimum atomic E-state index is 0.149. The standard InChI is InChI=1S/C21H28N6O/c1-18(28)25-11-13-27(14-12-25)21-15-20(22-17-23-21)26-9-7-24(8-10-26)16-19-5-3-2-4-6-19/h2-6,15,17H,7-14,16H2,1H3. The Kier molecular flexibility index (Phi) is 5.71. The summed E-state index contributed by atoms with van der Waals surface area (Å²) in [5.74, 6) is 2.11. The number of piperazine rings is 2. The van der Waals surface area contributed by atoms with E-state index in [0.29, 0.717) is 0 Å². The number of aromatic nitrogens is 2. The van der Waals surface area contributed by atoms with E-state index in [0.717, 1.165) is 70.5 Å². The molecule has 0 N–H and O–H groups in total. The first-order chi connectivity index (χ1) is 13.7. The van der Waals surface area contributed by atoms with Crippen LogP contribution in [0, 0.1) is 0 Å². The smallest absolute Gasteiger partial charge is 0.219 e. The van der Waals surface area contributed by atoms with Crippen molar-refractivity contribution in [1.82, 2.24) is 19.8 Å². The molecule has 7 heteroatoms. The molecule has 28 heavy (non-hydrogen) atoms. The third-order valence-corrected chi connectivity index (χ3v) is 5.63. The number of carbonyl (C=O) groups is 1. The van der Waals surface area contributed by atoms with Gasteiger partial charge in [0.2, 0.25) is 5.91 Å². The molecular formula is C21H28N6O. The summed E-state index contributed by atoms with van der Waals surface area (Å²) in [6.07, 6.45) is 1.67. The van der Waals surface area contributed by atoms with Crippen LogP contribution in [0.15, 0.2) is 42.7 Å². The van der Waals surface area contributed by atoms with Gasteiger partial charge in [-0.05, 0) is 5.56 Å². The van der Waals surface area contributed by atoms with Crippen LogP contribution >= 0.6 is 0 Å². The topological polar surface area (TPSA) is 55.8 Å². The van der Waals surface area contributed by atoms with Gasteiger partial charge in [-0.1, -0.05) is 30.3 Å². The van der Waals surface area contributed by atoms with Gasteiger partial charge in [0, 0.05) is 71.9 Å². The van der Waals surface area contributed by atoms with E-state index in [2.05, 4.69) is 61.1 Å². The molecule has 0 radical (unpaired) electrons. The predicted molar refractivity (Wildman–Crippen MR) is 110 cm³/mol. The van der Waals surface area contributed by atoms with E-state index >= 15 is 0 Å². The zero-order valence-electron chi connectivity index (χ0n) is 16.5. The summed E-state index contributed by atoms with van der Waals surface area (Å²) in [7, 11) is 0. The molecule has 0 unspecified atom stereocenters. The number of rotatable bonds is 4. The van der Waals surface area contributed by atoms with Gasteiger partial charge in [0.05, 0.1) is 0 Å². The molecule has 0 spiro atoms. The van der Waals surface area contributed by atoms with Crippen molar-refractivity contribution in [2.45, 2.75) is 13.5 Å². The van der Waals surface area contributed by atoms with Gasteiger partial charge in [-0.3, -0.25) is 9.69 Å². The van der Waals surface area contributed by atoms with Crippen LogP contribution in [0.25, 0.3) is 0 Å². The fourth-order valence-corrected chi connectivity index (χ4v) is 3.91. The number of anilines is 2. The summed E-state index contributed by atoms with van der Waals surface area (Å²) < 4.78 is 0. The maximum Gasteiger partial charge on any atom is 0.219 e. The second-order valence-corrected chi connectivity index (χ2v) is 7.48. The van der Waals surface area contributed by atoms with E-state index in [1.165, 1.54) is 5.56 Å². The Morgan fingerprint density at radius 3 is 2.00 bits per heavy atom. The van der Waals surface area contributed by atoms with Gasteiger partial charge in [-0.25, -0.2) is 9.97 Å². The van der Waals surface area contributed by atoms with Crippen molar-refractivity contribution >= 4 is 17.5 Å². The number of nitrogens with zero attached hydrogens (tertiary/aromatic N) is 6. The third kappa shape index (κ3) is 4.42. The van der Waals surface area contributed by atoms with Gasteiger partial charge in [0.1, 0.15) is 18.0 Å². The molecule has 3 heterocycles. The Morgan fingerprint density at radius 2 is 1.43 bits per heavy atom. The fourth-order valence-electron chi connectivity index (χ4n) is 3.91. The number of benzene rings is 1. The van der Waals surface area contributed by atoms with E-state index < -0.39 is 0 Å². The highest BCUT2D eigenvalue weighted by Gasteiger charge is 2.22. The minimum Gasteiger partial charge on any atom is -0.354 e. The molecule has 0 atom stereocenters. The van der Waals surface area contributed by atoms with Crippen molar-refractivity contribution in [3.63, 3.8) is 0 Å². The summed E-state index contributed by atoms with van der Waals surface area (Å²) in [5, 5.41) is 0. The first-order valence-electron chi connectivity index (χ1n) is 10.0. The van der Waals surface area contributed by atoms with E-state index in [4.69, 9.17) is 0 Å². The van der Waals surface area contributed by atoms with Gasteiger partial charge < -0.3 is 14.7 Å². The van der Waals surface area contributed by atoms with Gasteiger partial charge >= 0.3 is 0 Å². The van der Waals surface area contributed by atoms with Crippen LogP contribution in [0.5, 0.6) is 0 Å². The Bertz CT molecular complexity index is 782. The Balaban J connectivity index is 1.33. The molecule has 1 aromatic carbocycles. The second kappa shape index (κ2) is 8.56. The highest BCUT2D eigenvalue weighted by molar-refractivity contribution is 5.73. The predicted octanol–water partition coefficient (Wildman–Crippen LogP) is 1.47. The number of hydrogen-bond acceptors (Lipinski definition) is 6. The van der Waals surface area contributed by atoms with Gasteiger partial charge in [-0.15, -0.1) is 0 Å². The second-order valence-electron chi connectivity index (χ2n) is 7.48. The highest BCUT2D eigenvalue weighted by Crippen LogP contribution is 2.20. The summed E-state index contributed by atoms with van der Waals surface area (Å²) in [5.41, 5.74) is 1.37. The van der Waals surface area contributed by atoms with Crippen molar-refractivity contribution in [3.05, 3.63) is 48.3 Å². The number of carbonyl (C=O) groups excluding carboxylic acids is 1. The Morgan fingerprint density at radius 1 is 0.857 bits per heavy atom. The zero-order valence-corrected chi connectivity index (χ0v) is 16.5. The average molecular weight is 380 g/mol. The monoisotopic (exact) mass is 380 g/mol. The van der Waals surface area contributed by atoms with Crippen molar-refractivity contribution in [2.24, 2.45) is 0 Å². The van der Waals surface area contributed by atoms with E-state index in [-0.39, 0.29) is 5.91 Å². The van der Waals surface area contributed by atoms with E-state index in [1.54, 1.807) is 13.3 Å². The zero-order chi connectivity index (χ0) is 19.3. The van der Waals surface area contributed by atoms with Crippen LogP contribution in [-0.2, 0) is 11.3 Å². The molecule has 2 aliphatic heterocycles. The Hall–Kier alpha value is -2.67. The minimum absolute atomic E-state index is 0.149. The lowest BCUT2D eigenvalue weighted by Gasteiger charge is -2.37. The lowest BCUT2D eigenvalue weighted by atomic mass is 10.2.